The van der Waals surface area contributed by atoms with Crippen LogP contribution in [0.4, 0.5) is 5.82 Å². The number of aliphatic hydroxyl groups is 2. The standard InChI is InChI=1S/C10H14N5O6PS/c11-8-5-9(13-2-12-8)15(3-14-5)10-7(17)6(16)4(21-10)1-20-22(18,19)23/h2-4,6-7,10,16-17H,1H2,(H2,11,12,13)(H2,18,19,23)/p-2/t4-,6-,7-,10-/m1/s1. The highest BCUT2D eigenvalue weighted by molar-refractivity contribution is 8.05. The Labute approximate surface area is 134 Å². The van der Waals surface area contributed by atoms with E-state index in [0.717, 1.165) is 0 Å². The normalized spacial score (nSPS) is 28.5. The average molecular weight is 361 g/mol. The average Bonchev–Trinajstić information content (AvgIpc) is 3.01. The van der Waals surface area contributed by atoms with E-state index in [0.29, 0.717) is 11.2 Å². The monoisotopic (exact) mass is 361 g/mol. The number of ether oxygens (including phenoxy) is 1. The summed E-state index contributed by atoms with van der Waals surface area (Å²) in [6, 6.07) is 0. The predicted octanol–water partition coefficient (Wildman–Crippen LogP) is -3.01. The van der Waals surface area contributed by atoms with Gasteiger partial charge in [0.2, 0.25) is 0 Å². The molecular formula is C10H12N5O6PS-2. The van der Waals surface area contributed by atoms with E-state index in [9.17, 15) is 20.0 Å². The van der Waals surface area contributed by atoms with Crippen LogP contribution >= 0.6 is 6.72 Å². The van der Waals surface area contributed by atoms with Crippen molar-refractivity contribution in [2.24, 2.45) is 0 Å². The van der Waals surface area contributed by atoms with E-state index >= 15 is 0 Å². The maximum Gasteiger partial charge on any atom is 0.167 e. The highest BCUT2D eigenvalue weighted by Gasteiger charge is 2.44. The zero-order valence-corrected chi connectivity index (χ0v) is 13.1. The van der Waals surface area contributed by atoms with Gasteiger partial charge in [0.1, 0.15) is 30.2 Å². The van der Waals surface area contributed by atoms with Crippen LogP contribution in [0, 0.1) is 0 Å². The number of aliphatic hydroxyl groups excluding tert-OH is 2. The Hall–Kier alpha value is -1.24. The van der Waals surface area contributed by atoms with Crippen LogP contribution in [0.25, 0.3) is 11.2 Å². The maximum atomic E-state index is 10.9. The fourth-order valence-corrected chi connectivity index (χ4v) is 2.83. The lowest BCUT2D eigenvalue weighted by atomic mass is 10.1. The van der Waals surface area contributed by atoms with Crippen LogP contribution in [0.5, 0.6) is 0 Å². The second kappa shape index (κ2) is 6.00. The predicted molar refractivity (Wildman–Crippen MR) is 75.9 cm³/mol. The molecule has 3 rings (SSSR count). The molecule has 4 atom stereocenters. The molecule has 2 aromatic rings. The summed E-state index contributed by atoms with van der Waals surface area (Å²) >= 11 is 4.11. The van der Waals surface area contributed by atoms with Gasteiger partial charge in [0.15, 0.2) is 17.7 Å². The summed E-state index contributed by atoms with van der Waals surface area (Å²) in [6.45, 7) is -4.90. The summed E-state index contributed by atoms with van der Waals surface area (Å²) in [5, 5.41) is 20.1. The van der Waals surface area contributed by atoms with Gasteiger partial charge in [-0.25, -0.2) is 15.0 Å². The number of nitrogen functional groups attached to an aromatic ring is 1. The lowest BCUT2D eigenvalue weighted by molar-refractivity contribution is -0.322. The van der Waals surface area contributed by atoms with Gasteiger partial charge in [0, 0.05) is 0 Å². The molecule has 0 bridgehead atoms. The topological polar surface area (TPSA) is 175 Å². The first kappa shape index (κ1) is 16.6. The van der Waals surface area contributed by atoms with Crippen LogP contribution in [-0.4, -0.2) is 54.7 Å². The zero-order chi connectivity index (χ0) is 16.8. The number of hydrogen-bond acceptors (Lipinski definition) is 11. The lowest BCUT2D eigenvalue weighted by Gasteiger charge is -2.35. The molecule has 11 nitrogen and oxygen atoms in total. The zero-order valence-electron chi connectivity index (χ0n) is 11.4. The molecule has 1 saturated heterocycles. The Morgan fingerprint density at radius 3 is 2.78 bits per heavy atom. The molecule has 0 radical (unpaired) electrons. The molecule has 3 heterocycles. The van der Waals surface area contributed by atoms with Crippen molar-refractivity contribution in [2.45, 2.75) is 24.5 Å². The molecule has 13 heteroatoms. The van der Waals surface area contributed by atoms with Gasteiger partial charge in [-0.2, -0.15) is 0 Å². The number of hydrogen-bond donors (Lipinski definition) is 3. The van der Waals surface area contributed by atoms with Crippen LogP contribution in [0.1, 0.15) is 6.23 Å². The van der Waals surface area contributed by atoms with Gasteiger partial charge >= 0.3 is 0 Å². The fourth-order valence-electron chi connectivity index (χ4n) is 2.32. The molecule has 0 spiro atoms. The first-order valence-electron chi connectivity index (χ1n) is 6.39. The smallest absolute Gasteiger partial charge is 0.167 e. The fraction of sp³-hybridized carbons (Fsp3) is 0.500. The van der Waals surface area contributed by atoms with Crippen LogP contribution < -0.4 is 15.5 Å². The van der Waals surface area contributed by atoms with E-state index in [4.69, 9.17) is 10.5 Å². The Balaban J connectivity index is 1.85. The minimum absolute atomic E-state index is 0.153. The van der Waals surface area contributed by atoms with Crippen molar-refractivity contribution in [3.63, 3.8) is 0 Å². The number of anilines is 1. The molecule has 0 aromatic carbocycles. The van der Waals surface area contributed by atoms with Gasteiger partial charge in [-0.1, -0.05) is 6.72 Å². The van der Waals surface area contributed by atoms with Crippen molar-refractivity contribution in [3.05, 3.63) is 12.7 Å². The molecule has 126 valence electrons. The lowest BCUT2D eigenvalue weighted by Crippen LogP contribution is -2.34. The molecule has 1 fully saturated rings. The molecule has 2 aromatic heterocycles. The Morgan fingerprint density at radius 1 is 1.35 bits per heavy atom. The highest BCUT2D eigenvalue weighted by Crippen LogP contribution is 2.34. The number of rotatable bonds is 4. The van der Waals surface area contributed by atoms with Gasteiger partial charge in [0.05, 0.1) is 12.9 Å². The third kappa shape index (κ3) is 3.20. The molecule has 23 heavy (non-hydrogen) atoms. The Morgan fingerprint density at radius 2 is 2.09 bits per heavy atom. The number of aromatic nitrogens is 4. The van der Waals surface area contributed by atoms with E-state index in [-0.39, 0.29) is 5.82 Å². The van der Waals surface area contributed by atoms with Crippen molar-refractivity contribution in [2.75, 3.05) is 12.3 Å². The first-order valence-corrected chi connectivity index (χ1v) is 8.95. The van der Waals surface area contributed by atoms with Crippen molar-refractivity contribution in [1.82, 2.24) is 19.5 Å². The summed E-state index contributed by atoms with van der Waals surface area (Å²) in [4.78, 5) is 33.6. The van der Waals surface area contributed by atoms with Crippen molar-refractivity contribution in [3.8, 4) is 0 Å². The SMILES string of the molecule is Nc1ncnc2c1ncn2[C@@H]1O[C@H](COP([O-])([O-])=S)[C@@H](O)[C@H]1O. The third-order valence-electron chi connectivity index (χ3n) is 3.40. The second-order valence-electron chi connectivity index (χ2n) is 4.87. The van der Waals surface area contributed by atoms with Crippen LogP contribution in [0.15, 0.2) is 12.7 Å². The maximum absolute atomic E-state index is 10.9. The molecule has 0 aliphatic carbocycles. The van der Waals surface area contributed by atoms with E-state index in [2.05, 4.69) is 31.3 Å². The van der Waals surface area contributed by atoms with Crippen molar-refractivity contribution < 1.29 is 29.3 Å². The van der Waals surface area contributed by atoms with E-state index in [1.165, 1.54) is 17.2 Å². The summed E-state index contributed by atoms with van der Waals surface area (Å²) in [5.41, 5.74) is 6.29. The second-order valence-corrected chi connectivity index (χ2v) is 7.37. The Bertz CT molecular complexity index is 767. The third-order valence-corrected chi connectivity index (χ3v) is 4.18. The molecule has 0 saturated carbocycles. The number of fused-ring (bicyclic) bond motifs is 1. The largest absolute Gasteiger partial charge is 0.812 e. The minimum atomic E-state index is -4.39. The van der Waals surface area contributed by atoms with Gasteiger partial charge in [-0.15, -0.1) is 11.8 Å². The molecule has 0 unspecified atom stereocenters. The number of nitrogens with two attached hydrogens (primary N) is 1. The molecular weight excluding hydrogens is 349 g/mol. The number of imidazole rings is 1. The molecule has 1 aliphatic rings. The number of nitrogens with zero attached hydrogens (tertiary/aromatic N) is 4. The minimum Gasteiger partial charge on any atom is -0.812 e. The summed E-state index contributed by atoms with van der Waals surface area (Å²) in [5.74, 6) is 0.153. The van der Waals surface area contributed by atoms with Gasteiger partial charge < -0.3 is 35.0 Å². The van der Waals surface area contributed by atoms with Gasteiger partial charge in [-0.05, 0) is 0 Å². The Kier molecular flexibility index (Phi) is 4.33. The molecule has 0 amide bonds. The van der Waals surface area contributed by atoms with Gasteiger partial charge in [0.25, 0.3) is 0 Å². The van der Waals surface area contributed by atoms with Gasteiger partial charge in [-0.3, -0.25) is 4.57 Å². The van der Waals surface area contributed by atoms with Crippen LogP contribution in [0.3, 0.4) is 0 Å². The quantitative estimate of drug-likeness (QED) is 0.473. The summed E-state index contributed by atoms with van der Waals surface area (Å²) < 4.78 is 11.3. The van der Waals surface area contributed by atoms with Crippen molar-refractivity contribution >= 4 is 35.5 Å². The molecule has 1 aliphatic heterocycles. The highest BCUT2D eigenvalue weighted by atomic mass is 32.5. The first-order chi connectivity index (χ1) is 10.8. The van der Waals surface area contributed by atoms with E-state index in [1.807, 2.05) is 0 Å². The summed E-state index contributed by atoms with van der Waals surface area (Å²) in [6.07, 6.45) is -2.32. The van der Waals surface area contributed by atoms with Crippen molar-refractivity contribution in [1.29, 1.82) is 0 Å². The van der Waals surface area contributed by atoms with Crippen LogP contribution in [0.2, 0.25) is 0 Å². The summed E-state index contributed by atoms with van der Waals surface area (Å²) in [7, 11) is 0. The van der Waals surface area contributed by atoms with E-state index < -0.39 is 37.9 Å². The van der Waals surface area contributed by atoms with Crippen LogP contribution in [-0.2, 0) is 21.1 Å². The van der Waals surface area contributed by atoms with E-state index in [1.54, 1.807) is 0 Å². The molecule has 4 N–H and O–H groups in total.